The van der Waals surface area contributed by atoms with Gasteiger partial charge in [0.05, 0.1) is 23.7 Å². The first-order valence-corrected chi connectivity index (χ1v) is 12.8. The van der Waals surface area contributed by atoms with E-state index in [1.54, 1.807) is 12.3 Å². The molecule has 0 radical (unpaired) electrons. The molecule has 0 aliphatic heterocycles. The van der Waals surface area contributed by atoms with E-state index in [1.807, 2.05) is 75.4 Å². The zero-order valence-corrected chi connectivity index (χ0v) is 22.8. The van der Waals surface area contributed by atoms with Crippen molar-refractivity contribution >= 4 is 49.0 Å². The van der Waals surface area contributed by atoms with Crippen molar-refractivity contribution in [1.29, 1.82) is 0 Å². The van der Waals surface area contributed by atoms with Crippen LogP contribution >= 0.6 is 31.9 Å². The summed E-state index contributed by atoms with van der Waals surface area (Å²) in [5, 5.41) is 5.02. The van der Waals surface area contributed by atoms with Crippen LogP contribution in [-0.4, -0.2) is 22.5 Å². The predicted octanol–water partition coefficient (Wildman–Crippen LogP) is 6.90. The van der Waals surface area contributed by atoms with Crippen molar-refractivity contribution in [3.8, 4) is 11.5 Å². The average molecular weight is 599 g/mol. The third kappa shape index (κ3) is 6.00. The first kappa shape index (κ1) is 25.1. The number of hydrogen-bond donors (Lipinski definition) is 0. The Labute approximate surface area is 220 Å². The fraction of sp³-hybridized carbons (Fsp3) is 0.222. The Morgan fingerprint density at radius 2 is 1.71 bits per heavy atom. The van der Waals surface area contributed by atoms with Gasteiger partial charge in [-0.15, -0.1) is 0 Å². The zero-order chi connectivity index (χ0) is 24.9. The van der Waals surface area contributed by atoms with Crippen LogP contribution in [0.5, 0.6) is 11.5 Å². The van der Waals surface area contributed by atoms with E-state index in [-0.39, 0.29) is 11.5 Å². The Balaban J connectivity index is 1.65. The molecule has 0 saturated heterocycles. The van der Waals surface area contributed by atoms with Crippen LogP contribution in [0.1, 0.15) is 43.6 Å². The first-order valence-electron chi connectivity index (χ1n) is 11.3. The minimum atomic E-state index is -0.212. The highest BCUT2D eigenvalue weighted by molar-refractivity contribution is 9.10. The Kier molecular flexibility index (Phi) is 8.03. The molecular weight excluding hydrogens is 574 g/mol. The molecule has 0 atom stereocenters. The molecular formula is C27H25Br2N3O3. The van der Waals surface area contributed by atoms with Crippen LogP contribution in [0.25, 0.3) is 10.9 Å². The molecule has 0 N–H and O–H groups in total. The van der Waals surface area contributed by atoms with Crippen molar-refractivity contribution in [2.45, 2.75) is 33.3 Å². The lowest BCUT2D eigenvalue weighted by Crippen LogP contribution is -2.23. The number of fused-ring (bicyclic) bond motifs is 1. The summed E-state index contributed by atoms with van der Waals surface area (Å²) in [5.41, 5.74) is 2.27. The van der Waals surface area contributed by atoms with E-state index in [4.69, 9.17) is 9.47 Å². The van der Waals surface area contributed by atoms with Gasteiger partial charge in [-0.25, -0.2) is 4.98 Å². The molecule has 0 aliphatic carbocycles. The van der Waals surface area contributed by atoms with Crippen LogP contribution in [0.4, 0.5) is 0 Å². The van der Waals surface area contributed by atoms with Crippen LogP contribution in [0, 0.1) is 0 Å². The molecule has 0 saturated carbocycles. The minimum absolute atomic E-state index is 0.0151. The van der Waals surface area contributed by atoms with Crippen LogP contribution in [0.3, 0.4) is 0 Å². The van der Waals surface area contributed by atoms with Crippen molar-refractivity contribution in [2.24, 2.45) is 5.10 Å². The maximum atomic E-state index is 13.2. The monoisotopic (exact) mass is 597 g/mol. The van der Waals surface area contributed by atoms with Gasteiger partial charge in [0.25, 0.3) is 5.56 Å². The summed E-state index contributed by atoms with van der Waals surface area (Å²) < 4.78 is 15.0. The average Bonchev–Trinajstić information content (AvgIpc) is 2.84. The number of nitrogens with zero attached hydrogens (tertiary/aromatic N) is 3. The van der Waals surface area contributed by atoms with Gasteiger partial charge in [0.1, 0.15) is 12.4 Å². The van der Waals surface area contributed by atoms with Gasteiger partial charge in [-0.3, -0.25) is 4.79 Å². The van der Waals surface area contributed by atoms with E-state index in [9.17, 15) is 4.79 Å². The molecule has 1 aromatic heterocycles. The van der Waals surface area contributed by atoms with Crippen LogP contribution in [-0.2, 0) is 6.61 Å². The second-order valence-corrected chi connectivity index (χ2v) is 10.0. The van der Waals surface area contributed by atoms with Gasteiger partial charge in [-0.2, -0.15) is 9.78 Å². The summed E-state index contributed by atoms with van der Waals surface area (Å²) in [4.78, 5) is 17.9. The molecule has 0 aliphatic rings. The first-order chi connectivity index (χ1) is 16.9. The molecule has 3 aromatic carbocycles. The molecule has 4 rings (SSSR count). The third-order valence-corrected chi connectivity index (χ3v) is 6.27. The number of rotatable bonds is 8. The van der Waals surface area contributed by atoms with Gasteiger partial charge in [0.2, 0.25) is 0 Å². The second kappa shape index (κ2) is 11.2. The summed E-state index contributed by atoms with van der Waals surface area (Å²) in [6.45, 7) is 6.82. The molecule has 35 heavy (non-hydrogen) atoms. The molecule has 1 heterocycles. The summed E-state index contributed by atoms with van der Waals surface area (Å²) in [6.07, 6.45) is 1.64. The number of hydrogen-bond acceptors (Lipinski definition) is 5. The molecule has 4 aromatic rings. The molecule has 0 fully saturated rings. The van der Waals surface area contributed by atoms with Crippen molar-refractivity contribution in [3.05, 3.63) is 96.9 Å². The Bertz CT molecular complexity index is 1430. The standard InChI is InChI=1S/C27H25Br2N3O3/c1-4-34-25-13-19(7-12-24(25)35-16-18-5-8-20(28)9-6-18)15-30-32-26(17(2)3)31-23-11-10-21(29)14-22(23)27(32)33/h5-15,17H,4,16H2,1-3H3. The summed E-state index contributed by atoms with van der Waals surface area (Å²) >= 11 is 6.88. The van der Waals surface area contributed by atoms with E-state index < -0.39 is 0 Å². The third-order valence-electron chi connectivity index (χ3n) is 5.25. The molecule has 8 heteroatoms. The van der Waals surface area contributed by atoms with E-state index in [1.165, 1.54) is 4.68 Å². The minimum Gasteiger partial charge on any atom is -0.490 e. The van der Waals surface area contributed by atoms with Crippen molar-refractivity contribution < 1.29 is 9.47 Å². The summed E-state index contributed by atoms with van der Waals surface area (Å²) in [5.74, 6) is 1.87. The molecule has 0 unspecified atom stereocenters. The Hall–Kier alpha value is -2.97. The summed E-state index contributed by atoms with van der Waals surface area (Å²) in [6, 6.07) is 19.0. The van der Waals surface area contributed by atoms with Gasteiger partial charge in [0, 0.05) is 14.9 Å². The maximum Gasteiger partial charge on any atom is 0.282 e. The summed E-state index contributed by atoms with van der Waals surface area (Å²) in [7, 11) is 0. The molecule has 0 bridgehead atoms. The number of benzene rings is 3. The maximum absolute atomic E-state index is 13.2. The Morgan fingerprint density at radius 3 is 2.43 bits per heavy atom. The van der Waals surface area contributed by atoms with Gasteiger partial charge < -0.3 is 9.47 Å². The number of ether oxygens (including phenoxy) is 2. The number of halogens is 2. The fourth-order valence-electron chi connectivity index (χ4n) is 3.51. The molecule has 0 amide bonds. The van der Waals surface area contributed by atoms with Crippen LogP contribution in [0.15, 0.2) is 79.5 Å². The highest BCUT2D eigenvalue weighted by Gasteiger charge is 2.14. The smallest absolute Gasteiger partial charge is 0.282 e. The Morgan fingerprint density at radius 1 is 0.971 bits per heavy atom. The van der Waals surface area contributed by atoms with E-state index in [0.717, 1.165) is 20.1 Å². The zero-order valence-electron chi connectivity index (χ0n) is 19.7. The van der Waals surface area contributed by atoms with Gasteiger partial charge in [-0.1, -0.05) is 57.8 Å². The van der Waals surface area contributed by atoms with Crippen molar-refractivity contribution in [2.75, 3.05) is 6.61 Å². The largest absolute Gasteiger partial charge is 0.490 e. The lowest BCUT2D eigenvalue weighted by atomic mass is 10.2. The molecule has 0 spiro atoms. The topological polar surface area (TPSA) is 65.7 Å². The van der Waals surface area contributed by atoms with Crippen LogP contribution < -0.4 is 15.0 Å². The normalized spacial score (nSPS) is 11.5. The van der Waals surface area contributed by atoms with E-state index in [0.29, 0.717) is 41.4 Å². The fourth-order valence-corrected chi connectivity index (χ4v) is 4.14. The van der Waals surface area contributed by atoms with Crippen LogP contribution in [0.2, 0.25) is 0 Å². The lowest BCUT2D eigenvalue weighted by molar-refractivity contribution is 0.269. The van der Waals surface area contributed by atoms with E-state index >= 15 is 0 Å². The van der Waals surface area contributed by atoms with Crippen molar-refractivity contribution in [1.82, 2.24) is 9.66 Å². The van der Waals surface area contributed by atoms with E-state index in [2.05, 4.69) is 41.9 Å². The number of aromatic nitrogens is 2. The SMILES string of the molecule is CCOc1cc(C=Nn2c(C(C)C)nc3ccc(Br)cc3c2=O)ccc1OCc1ccc(Br)cc1. The van der Waals surface area contributed by atoms with Gasteiger partial charge in [-0.05, 0) is 66.6 Å². The second-order valence-electron chi connectivity index (χ2n) is 8.20. The van der Waals surface area contributed by atoms with Crippen molar-refractivity contribution in [3.63, 3.8) is 0 Å². The highest BCUT2D eigenvalue weighted by Crippen LogP contribution is 2.29. The van der Waals surface area contributed by atoms with Gasteiger partial charge >= 0.3 is 0 Å². The molecule has 6 nitrogen and oxygen atoms in total. The molecule has 180 valence electrons. The lowest BCUT2D eigenvalue weighted by Gasteiger charge is -2.13. The highest BCUT2D eigenvalue weighted by atomic mass is 79.9. The predicted molar refractivity (Wildman–Crippen MR) is 147 cm³/mol. The quantitative estimate of drug-likeness (QED) is 0.207. The van der Waals surface area contributed by atoms with Gasteiger partial charge in [0.15, 0.2) is 11.5 Å².